The molecule has 0 fully saturated rings. The third-order valence-corrected chi connectivity index (χ3v) is 10.9. The van der Waals surface area contributed by atoms with Crippen LogP contribution in [0.2, 0.25) is 0 Å². The van der Waals surface area contributed by atoms with E-state index in [0.717, 1.165) is 44.5 Å². The van der Waals surface area contributed by atoms with Crippen LogP contribution in [0.1, 0.15) is 42.8 Å². The van der Waals surface area contributed by atoms with Crippen LogP contribution in [-0.2, 0) is 5.41 Å². The SMILES string of the molecule is [2H]c1c([2H])c([2H])c(-c2ccc(N(c3cc(-c4c([2H])c([2H])c([2H])c([2H])c4[2H])cc(-c4c([2H])c([2H])c([2H])c([2H])c4[2H])c3)c3ccc4c(c3)C3(c5ccccc5-c5ccccc53)c3ccccc3-4)cc2)c([2H])c1[2H]. The fourth-order valence-electron chi connectivity index (χ4n) is 8.66. The van der Waals surface area contributed by atoms with Crippen LogP contribution in [-0.4, -0.2) is 0 Å². The molecule has 9 aromatic rings. The molecule has 0 saturated heterocycles. The molecular weight excluding hydrogens is 675 g/mol. The number of hydrogen-bond acceptors (Lipinski definition) is 1. The summed E-state index contributed by atoms with van der Waals surface area (Å²) in [7, 11) is 0. The number of nitrogens with zero attached hydrogens (tertiary/aromatic N) is 1. The topological polar surface area (TPSA) is 3.24 Å². The standard InChI is InChI=1S/C55H37N/c1-4-16-38(17-5-1)41-28-30-44(31-29-41)56(46-35-42(39-18-6-2-7-19-39)34-43(36-46)40-20-8-3-9-21-40)45-32-33-50-49-24-12-15-27-53(49)55(54(50)37-45)51-25-13-10-22-47(51)48-23-11-14-26-52(48)55/h1-37H/i1D,2D,3D,4D,5D,6D,7D,8D,9D,16D,17D,18D,19D,20D,21D. The fourth-order valence-corrected chi connectivity index (χ4v) is 8.66. The summed E-state index contributed by atoms with van der Waals surface area (Å²) >= 11 is 0. The van der Waals surface area contributed by atoms with Crippen molar-refractivity contribution in [3.63, 3.8) is 0 Å². The van der Waals surface area contributed by atoms with Crippen LogP contribution in [0.25, 0.3) is 55.6 Å². The van der Waals surface area contributed by atoms with Crippen LogP contribution in [0.5, 0.6) is 0 Å². The van der Waals surface area contributed by atoms with Crippen molar-refractivity contribution in [2.75, 3.05) is 4.90 Å². The molecule has 0 saturated carbocycles. The molecule has 0 aromatic heterocycles. The van der Waals surface area contributed by atoms with E-state index in [4.69, 9.17) is 20.6 Å². The lowest BCUT2D eigenvalue weighted by atomic mass is 9.70. The number of rotatable bonds is 6. The maximum absolute atomic E-state index is 9.06. The molecule has 11 rings (SSSR count). The molecule has 0 unspecified atom stereocenters. The second-order valence-electron chi connectivity index (χ2n) is 13.8. The van der Waals surface area contributed by atoms with E-state index in [1.807, 2.05) is 53.4 Å². The number of fused-ring (bicyclic) bond motifs is 10. The van der Waals surface area contributed by atoms with Gasteiger partial charge in [-0.25, -0.2) is 0 Å². The Hall–Kier alpha value is -7.22. The normalized spacial score (nSPS) is 16.5. The monoisotopic (exact) mass is 726 g/mol. The van der Waals surface area contributed by atoms with E-state index in [0.29, 0.717) is 22.6 Å². The summed E-state index contributed by atoms with van der Waals surface area (Å²) in [5.74, 6) is 0. The first kappa shape index (κ1) is 20.5. The first-order valence-corrected chi connectivity index (χ1v) is 18.2. The highest BCUT2D eigenvalue weighted by Crippen LogP contribution is 2.63. The van der Waals surface area contributed by atoms with Crippen LogP contribution in [0.4, 0.5) is 17.1 Å². The number of hydrogen-bond donors (Lipinski definition) is 0. The summed E-state index contributed by atoms with van der Waals surface area (Å²) in [5, 5.41) is 0. The third-order valence-electron chi connectivity index (χ3n) is 10.9. The Kier molecular flexibility index (Phi) is 4.74. The second kappa shape index (κ2) is 13.0. The van der Waals surface area contributed by atoms with Crippen LogP contribution in [0, 0.1) is 0 Å². The fraction of sp³-hybridized carbons (Fsp3) is 0.0182. The first-order chi connectivity index (χ1) is 34.0. The van der Waals surface area contributed by atoms with Crippen LogP contribution < -0.4 is 4.90 Å². The summed E-state index contributed by atoms with van der Waals surface area (Å²) < 4.78 is 130. The molecule has 56 heavy (non-hydrogen) atoms. The summed E-state index contributed by atoms with van der Waals surface area (Å²) in [4.78, 5) is 1.85. The summed E-state index contributed by atoms with van der Waals surface area (Å²) in [6, 6.07) is 34.7. The van der Waals surface area contributed by atoms with Crippen LogP contribution in [0.15, 0.2) is 224 Å². The Labute approximate surface area is 349 Å². The van der Waals surface area contributed by atoms with Gasteiger partial charge in [0.05, 0.1) is 26.0 Å². The predicted octanol–water partition coefficient (Wildman–Crippen LogP) is 14.5. The van der Waals surface area contributed by atoms with Gasteiger partial charge in [-0.05, 0) is 120 Å². The highest BCUT2D eigenvalue weighted by molar-refractivity contribution is 5.96. The largest absolute Gasteiger partial charge is 0.310 e. The molecule has 0 bridgehead atoms. The average Bonchev–Trinajstić information content (AvgIpc) is 3.85. The van der Waals surface area contributed by atoms with Crippen molar-refractivity contribution >= 4 is 17.1 Å². The van der Waals surface area contributed by atoms with E-state index >= 15 is 0 Å². The van der Waals surface area contributed by atoms with E-state index in [2.05, 4.69) is 42.5 Å². The predicted molar refractivity (Wildman–Crippen MR) is 234 cm³/mol. The van der Waals surface area contributed by atoms with E-state index in [-0.39, 0.29) is 39.9 Å². The molecule has 262 valence electrons. The zero-order valence-electron chi connectivity index (χ0n) is 44.6. The van der Waals surface area contributed by atoms with Gasteiger partial charge in [0.25, 0.3) is 0 Å². The van der Waals surface area contributed by atoms with Gasteiger partial charge in [0, 0.05) is 17.1 Å². The minimum absolute atomic E-state index is 0.00319. The van der Waals surface area contributed by atoms with Crippen molar-refractivity contribution < 1.29 is 20.6 Å². The van der Waals surface area contributed by atoms with Gasteiger partial charge < -0.3 is 4.90 Å². The van der Waals surface area contributed by atoms with E-state index < -0.39 is 84.0 Å². The van der Waals surface area contributed by atoms with Crippen LogP contribution >= 0.6 is 0 Å². The van der Waals surface area contributed by atoms with Crippen molar-refractivity contribution in [3.05, 3.63) is 246 Å². The van der Waals surface area contributed by atoms with Gasteiger partial charge in [0.15, 0.2) is 0 Å². The Morgan fingerprint density at radius 2 is 0.714 bits per heavy atom. The lowest BCUT2D eigenvalue weighted by Gasteiger charge is -2.32. The van der Waals surface area contributed by atoms with E-state index in [1.54, 1.807) is 36.4 Å². The van der Waals surface area contributed by atoms with Crippen molar-refractivity contribution in [1.82, 2.24) is 0 Å². The molecule has 0 heterocycles. The average molecular weight is 727 g/mol. The quantitative estimate of drug-likeness (QED) is 0.165. The molecular formula is C55H37N. The van der Waals surface area contributed by atoms with Gasteiger partial charge in [-0.2, -0.15) is 0 Å². The molecule has 0 radical (unpaired) electrons. The summed E-state index contributed by atoms with van der Waals surface area (Å²) in [6.07, 6.45) is 0. The van der Waals surface area contributed by atoms with Crippen LogP contribution in [0.3, 0.4) is 0 Å². The Balaban J connectivity index is 1.23. The molecule has 0 N–H and O–H groups in total. The number of anilines is 3. The lowest BCUT2D eigenvalue weighted by Crippen LogP contribution is -2.26. The van der Waals surface area contributed by atoms with Crippen molar-refractivity contribution in [1.29, 1.82) is 0 Å². The summed E-state index contributed by atoms with van der Waals surface area (Å²) in [5.41, 5.74) is 9.21. The molecule has 2 aliphatic rings. The molecule has 0 atom stereocenters. The molecule has 2 aliphatic carbocycles. The molecule has 9 aromatic carbocycles. The smallest absolute Gasteiger partial charge is 0.0726 e. The van der Waals surface area contributed by atoms with Crippen molar-refractivity contribution in [2.24, 2.45) is 0 Å². The summed E-state index contributed by atoms with van der Waals surface area (Å²) in [6.45, 7) is 0. The van der Waals surface area contributed by atoms with Gasteiger partial charge in [-0.1, -0.05) is 182 Å². The van der Waals surface area contributed by atoms with Crippen molar-refractivity contribution in [2.45, 2.75) is 5.41 Å². The van der Waals surface area contributed by atoms with Gasteiger partial charge >= 0.3 is 0 Å². The highest BCUT2D eigenvalue weighted by atomic mass is 15.1. The molecule has 1 spiro atoms. The maximum Gasteiger partial charge on any atom is 0.0726 e. The maximum atomic E-state index is 9.06. The minimum Gasteiger partial charge on any atom is -0.310 e. The third kappa shape index (κ3) is 4.95. The highest BCUT2D eigenvalue weighted by Gasteiger charge is 2.51. The van der Waals surface area contributed by atoms with Gasteiger partial charge in [0.1, 0.15) is 0 Å². The molecule has 0 aliphatic heterocycles. The van der Waals surface area contributed by atoms with Gasteiger partial charge in [-0.3, -0.25) is 0 Å². The molecule has 1 nitrogen and oxygen atoms in total. The minimum atomic E-state index is -0.779. The van der Waals surface area contributed by atoms with Gasteiger partial charge in [0.2, 0.25) is 0 Å². The zero-order chi connectivity index (χ0) is 50.1. The lowest BCUT2D eigenvalue weighted by molar-refractivity contribution is 0.793. The Bertz CT molecular complexity index is 3550. The van der Waals surface area contributed by atoms with E-state index in [9.17, 15) is 0 Å². The second-order valence-corrected chi connectivity index (χ2v) is 13.8. The molecule has 0 amide bonds. The zero-order valence-corrected chi connectivity index (χ0v) is 29.6. The first-order valence-electron chi connectivity index (χ1n) is 25.7. The number of benzene rings is 9. The Morgan fingerprint density at radius 1 is 0.304 bits per heavy atom. The van der Waals surface area contributed by atoms with Gasteiger partial charge in [-0.15, -0.1) is 0 Å². The Morgan fingerprint density at radius 3 is 1.20 bits per heavy atom. The van der Waals surface area contributed by atoms with E-state index in [1.165, 1.54) is 6.07 Å². The van der Waals surface area contributed by atoms with Crippen molar-refractivity contribution in [3.8, 4) is 55.6 Å². The molecule has 1 heteroatoms.